The van der Waals surface area contributed by atoms with Crippen molar-refractivity contribution >= 4 is 76.8 Å². The molecule has 1 aromatic heterocycles. The number of hydrogen-bond acceptors (Lipinski definition) is 7. The second-order valence-electron chi connectivity index (χ2n) is 8.90. The van der Waals surface area contributed by atoms with Crippen molar-refractivity contribution in [1.82, 2.24) is 0 Å². The molecule has 14 heteroatoms. The molecule has 0 fully saturated rings. The lowest BCUT2D eigenvalue weighted by Gasteiger charge is -2.18. The van der Waals surface area contributed by atoms with Crippen molar-refractivity contribution in [2.75, 3.05) is 23.0 Å². The number of aryl methyl sites for hydroxylation is 1. The highest BCUT2D eigenvalue weighted by Gasteiger charge is 2.27. The normalized spacial score (nSPS) is 15.3. The summed E-state index contributed by atoms with van der Waals surface area (Å²) in [7, 11) is -8.21. The van der Waals surface area contributed by atoms with E-state index < -0.39 is 26.0 Å². The Bertz CT molecular complexity index is 1670. The van der Waals surface area contributed by atoms with E-state index in [2.05, 4.69) is 0 Å². The van der Waals surface area contributed by atoms with Crippen LogP contribution < -0.4 is 14.2 Å². The predicted octanol–water partition coefficient (Wildman–Crippen LogP) is 5.59. The van der Waals surface area contributed by atoms with E-state index in [1.54, 1.807) is 24.3 Å². The summed E-state index contributed by atoms with van der Waals surface area (Å²) in [5.74, 6) is 0.304. The largest absolute Gasteiger partial charge is 0.439 e. The molecule has 0 atom stereocenters. The average Bonchev–Trinajstić information content (AvgIpc) is 3.34. The molecule has 0 spiro atoms. The van der Waals surface area contributed by atoms with Crippen LogP contribution in [-0.2, 0) is 26.8 Å². The van der Waals surface area contributed by atoms with Crippen LogP contribution >= 0.6 is 34.5 Å². The number of fused-ring (bicyclic) bond motifs is 2. The van der Waals surface area contributed by atoms with Gasteiger partial charge in [0.25, 0.3) is 25.2 Å². The maximum Gasteiger partial charge on any atom is 0.265 e. The lowest BCUT2D eigenvalue weighted by molar-refractivity contribution is -0.668. The number of ether oxygens (including phenoxy) is 1. The zero-order valence-corrected chi connectivity index (χ0v) is 24.8. The van der Waals surface area contributed by atoms with Gasteiger partial charge >= 0.3 is 0 Å². The molecule has 1 aliphatic rings. The monoisotopic (exact) mass is 633 g/mol. The second kappa shape index (κ2) is 12.1. The quantitative estimate of drug-likeness (QED) is 0.207. The Morgan fingerprint density at radius 3 is 2.38 bits per heavy atom. The molecule has 39 heavy (non-hydrogen) atoms. The van der Waals surface area contributed by atoms with E-state index in [0.29, 0.717) is 40.3 Å². The number of nitrogens with zero attached hydrogens (tertiary/aromatic N) is 2. The van der Waals surface area contributed by atoms with Crippen LogP contribution in [0, 0.1) is 0 Å². The maximum atomic E-state index is 11.3. The number of aromatic nitrogens is 1. The van der Waals surface area contributed by atoms with Gasteiger partial charge in [0.15, 0.2) is 12.3 Å². The Balaban J connectivity index is 1.71. The number of thiazole rings is 1. The summed E-state index contributed by atoms with van der Waals surface area (Å²) in [5.41, 5.74) is 2.43. The number of halogens is 2. The molecule has 0 bridgehead atoms. The number of anilines is 1. The van der Waals surface area contributed by atoms with Crippen LogP contribution in [0.1, 0.15) is 31.2 Å². The number of hydrogen-bond donors (Lipinski definition) is 2. The van der Waals surface area contributed by atoms with Crippen molar-refractivity contribution < 1.29 is 35.2 Å². The van der Waals surface area contributed by atoms with Gasteiger partial charge in [-0.15, -0.1) is 0 Å². The summed E-state index contributed by atoms with van der Waals surface area (Å²) >= 11 is 14.0. The standard InChI is InChI=1S/C25H26Cl2N2O7S3/c1-2-17(13-24-28(9-3-11-38(30,31)32)20-15-18(26)5-7-22(20)36-24)14-25-29(10-4-12-39(33,34)35)21-16-19(27)6-8-23(21)37-25/h5-8,13-16H,2-4,9-12H2,1H3,(H-,30,31,32,33,34,35)/p+1. The highest BCUT2D eigenvalue weighted by Crippen LogP contribution is 2.41. The molecule has 3 aromatic rings. The van der Waals surface area contributed by atoms with Gasteiger partial charge in [0, 0.05) is 41.2 Å². The lowest BCUT2D eigenvalue weighted by atomic mass is 10.2. The molecule has 4 rings (SSSR count). The molecule has 0 saturated carbocycles. The SMILES string of the molecule is CCC(=Cc1sc2ccc(Cl)cc2[n+]1CCCS(=O)(=O)O)C=C1Oc2ccc(Cl)cc2N1CCCS(=O)(=O)O. The molecule has 2 heterocycles. The van der Waals surface area contributed by atoms with Gasteiger partial charge in [0.05, 0.1) is 17.2 Å². The van der Waals surface area contributed by atoms with Crippen LogP contribution in [0.3, 0.4) is 0 Å². The van der Waals surface area contributed by atoms with Crippen molar-refractivity contribution in [2.45, 2.75) is 32.7 Å². The summed E-state index contributed by atoms with van der Waals surface area (Å²) < 4.78 is 72.5. The molecular weight excluding hydrogens is 607 g/mol. The van der Waals surface area contributed by atoms with Gasteiger partial charge in [-0.25, -0.2) is 0 Å². The van der Waals surface area contributed by atoms with E-state index in [0.717, 1.165) is 20.8 Å². The average molecular weight is 635 g/mol. The molecule has 210 valence electrons. The molecule has 0 radical (unpaired) electrons. The van der Waals surface area contributed by atoms with Crippen LogP contribution in [-0.4, -0.2) is 44.0 Å². The van der Waals surface area contributed by atoms with Gasteiger partial charge in [-0.1, -0.05) is 41.5 Å². The first kappa shape index (κ1) is 29.8. The van der Waals surface area contributed by atoms with Gasteiger partial charge in [0.2, 0.25) is 11.4 Å². The van der Waals surface area contributed by atoms with Crippen LogP contribution in [0.2, 0.25) is 10.0 Å². The Morgan fingerprint density at radius 1 is 1.03 bits per heavy atom. The van der Waals surface area contributed by atoms with E-state index >= 15 is 0 Å². The van der Waals surface area contributed by atoms with E-state index in [-0.39, 0.29) is 25.1 Å². The third-order valence-corrected chi connectivity index (χ3v) is 9.17. The summed E-state index contributed by atoms with van der Waals surface area (Å²) in [5, 5.41) is 1.90. The minimum absolute atomic E-state index is 0.168. The maximum absolute atomic E-state index is 11.3. The summed E-state index contributed by atoms with van der Waals surface area (Å²) in [6.45, 7) is 2.60. The van der Waals surface area contributed by atoms with Crippen LogP contribution in [0.15, 0.2) is 53.9 Å². The van der Waals surface area contributed by atoms with Crippen molar-refractivity contribution in [3.63, 3.8) is 0 Å². The first-order valence-electron chi connectivity index (χ1n) is 12.0. The van der Waals surface area contributed by atoms with Crippen molar-refractivity contribution in [3.05, 3.63) is 69.0 Å². The molecule has 0 amide bonds. The molecule has 0 saturated heterocycles. The number of rotatable bonds is 11. The Hall–Kier alpha value is -2.19. The predicted molar refractivity (Wildman–Crippen MR) is 155 cm³/mol. The van der Waals surface area contributed by atoms with E-state index in [1.807, 2.05) is 40.7 Å². The van der Waals surface area contributed by atoms with Gasteiger partial charge in [0.1, 0.15) is 4.70 Å². The van der Waals surface area contributed by atoms with Crippen molar-refractivity contribution in [3.8, 4) is 5.75 Å². The minimum Gasteiger partial charge on any atom is -0.439 e. The smallest absolute Gasteiger partial charge is 0.265 e. The molecule has 0 aliphatic carbocycles. The number of benzene rings is 2. The zero-order valence-electron chi connectivity index (χ0n) is 20.9. The summed E-state index contributed by atoms with van der Waals surface area (Å²) in [6.07, 6.45) is 4.85. The van der Waals surface area contributed by atoms with E-state index in [9.17, 15) is 25.9 Å². The molecule has 2 aromatic carbocycles. The fraction of sp³-hybridized carbons (Fsp3) is 0.320. The fourth-order valence-corrected chi connectivity index (χ4v) is 6.66. The first-order chi connectivity index (χ1) is 18.3. The Morgan fingerprint density at radius 2 is 1.69 bits per heavy atom. The molecule has 1 aliphatic heterocycles. The van der Waals surface area contributed by atoms with Crippen molar-refractivity contribution in [2.24, 2.45) is 0 Å². The first-order valence-corrected chi connectivity index (χ1v) is 16.8. The van der Waals surface area contributed by atoms with Crippen LogP contribution in [0.4, 0.5) is 5.69 Å². The minimum atomic E-state index is -4.11. The summed E-state index contributed by atoms with van der Waals surface area (Å²) in [4.78, 5) is 1.82. The van der Waals surface area contributed by atoms with Gasteiger partial charge in [-0.2, -0.15) is 21.4 Å². The fourth-order valence-electron chi connectivity index (χ4n) is 4.20. The third kappa shape index (κ3) is 7.94. The van der Waals surface area contributed by atoms with Gasteiger partial charge in [-0.05, 0) is 48.7 Å². The highest BCUT2D eigenvalue weighted by atomic mass is 35.5. The second-order valence-corrected chi connectivity index (χ2v) is 14.0. The Kier molecular flexibility index (Phi) is 9.26. The lowest BCUT2D eigenvalue weighted by Crippen LogP contribution is -2.36. The van der Waals surface area contributed by atoms with Gasteiger partial charge < -0.3 is 9.64 Å². The number of allylic oxidation sites excluding steroid dienone is 2. The summed E-state index contributed by atoms with van der Waals surface area (Å²) in [6, 6.07) is 10.7. The topological polar surface area (TPSA) is 125 Å². The van der Waals surface area contributed by atoms with Crippen molar-refractivity contribution in [1.29, 1.82) is 0 Å². The molecular formula is C25H27Cl2N2O7S3+. The molecule has 9 nitrogen and oxygen atoms in total. The van der Waals surface area contributed by atoms with Crippen LogP contribution in [0.5, 0.6) is 5.75 Å². The van der Waals surface area contributed by atoms with Gasteiger partial charge in [-0.3, -0.25) is 9.11 Å². The van der Waals surface area contributed by atoms with E-state index in [4.69, 9.17) is 27.9 Å². The highest BCUT2D eigenvalue weighted by molar-refractivity contribution is 7.86. The van der Waals surface area contributed by atoms with E-state index in [1.165, 1.54) is 11.3 Å². The van der Waals surface area contributed by atoms with Crippen LogP contribution in [0.25, 0.3) is 16.3 Å². The Labute approximate surface area is 241 Å². The zero-order chi connectivity index (χ0) is 28.4. The molecule has 2 N–H and O–H groups in total. The third-order valence-electron chi connectivity index (χ3n) is 5.98. The molecule has 0 unspecified atom stereocenters.